The Labute approximate surface area is 229 Å². The predicted molar refractivity (Wildman–Crippen MR) is 150 cm³/mol. The van der Waals surface area contributed by atoms with Crippen LogP contribution in [0.1, 0.15) is 28.4 Å². The highest BCUT2D eigenvalue weighted by Crippen LogP contribution is 2.33. The minimum atomic E-state index is -0.402. The summed E-state index contributed by atoms with van der Waals surface area (Å²) in [5, 5.41) is 6.86. The first-order valence-electron chi connectivity index (χ1n) is 11.4. The average molecular weight is 617 g/mol. The van der Waals surface area contributed by atoms with E-state index >= 15 is 0 Å². The van der Waals surface area contributed by atoms with Crippen LogP contribution in [0.3, 0.4) is 0 Å². The van der Waals surface area contributed by atoms with E-state index in [-0.39, 0.29) is 12.5 Å². The maximum absolute atomic E-state index is 12.5. The zero-order valence-corrected chi connectivity index (χ0v) is 23.1. The van der Waals surface area contributed by atoms with Crippen LogP contribution in [0.5, 0.6) is 23.0 Å². The molecule has 0 aliphatic heterocycles. The summed E-state index contributed by atoms with van der Waals surface area (Å²) in [6, 6.07) is 15.9. The molecule has 2 N–H and O–H groups in total. The van der Waals surface area contributed by atoms with E-state index in [1.165, 1.54) is 20.4 Å². The molecule has 0 saturated heterocycles. The fourth-order valence-electron chi connectivity index (χ4n) is 3.33. The third kappa shape index (κ3) is 7.84. The SMILES string of the molecule is CCOc1cc(C(=O)N/N=C/c2cc(I)c(OCC(=O)Nc3cccc(C)c3)c(OC)c2)ccc1OC. The van der Waals surface area contributed by atoms with Crippen LogP contribution in [0.25, 0.3) is 0 Å². The number of hydrogen-bond acceptors (Lipinski definition) is 7. The van der Waals surface area contributed by atoms with Crippen molar-refractivity contribution < 1.29 is 28.5 Å². The molecule has 3 aromatic carbocycles. The lowest BCUT2D eigenvalue weighted by Crippen LogP contribution is -2.20. The van der Waals surface area contributed by atoms with Crippen LogP contribution in [0.2, 0.25) is 0 Å². The van der Waals surface area contributed by atoms with E-state index in [0.717, 1.165) is 5.56 Å². The number of halogens is 1. The van der Waals surface area contributed by atoms with Crippen molar-refractivity contribution in [2.45, 2.75) is 13.8 Å². The number of hydrazone groups is 1. The number of rotatable bonds is 11. The molecule has 0 spiro atoms. The topological polar surface area (TPSA) is 107 Å². The fourth-order valence-corrected chi connectivity index (χ4v) is 4.11. The van der Waals surface area contributed by atoms with E-state index in [1.54, 1.807) is 30.3 Å². The van der Waals surface area contributed by atoms with Crippen molar-refractivity contribution in [2.24, 2.45) is 5.10 Å². The van der Waals surface area contributed by atoms with E-state index in [0.29, 0.717) is 50.0 Å². The minimum absolute atomic E-state index is 0.185. The zero-order valence-electron chi connectivity index (χ0n) is 21.0. The zero-order chi connectivity index (χ0) is 26.8. The summed E-state index contributed by atoms with van der Waals surface area (Å²) in [5.74, 6) is 1.19. The quantitative estimate of drug-likeness (QED) is 0.182. The number of benzene rings is 3. The Kier molecular flexibility index (Phi) is 10.1. The molecule has 0 unspecified atom stereocenters. The van der Waals surface area contributed by atoms with Gasteiger partial charge in [-0.15, -0.1) is 0 Å². The van der Waals surface area contributed by atoms with Crippen LogP contribution in [0.15, 0.2) is 59.7 Å². The van der Waals surface area contributed by atoms with E-state index in [2.05, 4.69) is 38.4 Å². The van der Waals surface area contributed by atoms with Crippen molar-refractivity contribution in [3.8, 4) is 23.0 Å². The normalized spacial score (nSPS) is 10.6. The first-order chi connectivity index (χ1) is 17.8. The van der Waals surface area contributed by atoms with Crippen molar-refractivity contribution >= 4 is 46.3 Å². The molecule has 9 nitrogen and oxygen atoms in total. The maximum atomic E-state index is 12.5. The largest absolute Gasteiger partial charge is 0.493 e. The number of aryl methyl sites for hydroxylation is 1. The van der Waals surface area contributed by atoms with Gasteiger partial charge in [-0.2, -0.15) is 5.10 Å². The molecule has 0 aliphatic carbocycles. The lowest BCUT2D eigenvalue weighted by molar-refractivity contribution is -0.118. The number of methoxy groups -OCH3 is 2. The van der Waals surface area contributed by atoms with Gasteiger partial charge in [0.1, 0.15) is 0 Å². The van der Waals surface area contributed by atoms with Crippen molar-refractivity contribution in [3.63, 3.8) is 0 Å². The average Bonchev–Trinajstić information content (AvgIpc) is 2.87. The van der Waals surface area contributed by atoms with E-state index in [9.17, 15) is 9.59 Å². The summed E-state index contributed by atoms with van der Waals surface area (Å²) in [4.78, 5) is 24.9. The Hall–Kier alpha value is -3.80. The molecule has 2 amide bonds. The number of hydrogen-bond donors (Lipinski definition) is 2. The number of nitrogens with zero attached hydrogens (tertiary/aromatic N) is 1. The maximum Gasteiger partial charge on any atom is 0.271 e. The molecule has 0 bridgehead atoms. The third-order valence-corrected chi connectivity index (χ3v) is 5.81. The second kappa shape index (κ2) is 13.5. The molecule has 0 atom stereocenters. The summed E-state index contributed by atoms with van der Waals surface area (Å²) in [5.41, 5.74) is 5.29. The highest BCUT2D eigenvalue weighted by Gasteiger charge is 2.14. The summed E-state index contributed by atoms with van der Waals surface area (Å²) < 4.78 is 22.7. The van der Waals surface area contributed by atoms with Crippen molar-refractivity contribution in [2.75, 3.05) is 32.8 Å². The monoisotopic (exact) mass is 617 g/mol. The molecular formula is C27H28IN3O6. The smallest absolute Gasteiger partial charge is 0.271 e. The molecule has 3 rings (SSSR count). The third-order valence-electron chi connectivity index (χ3n) is 5.01. The Balaban J connectivity index is 1.64. The molecule has 0 aliphatic rings. The van der Waals surface area contributed by atoms with Gasteiger partial charge in [-0.05, 0) is 90.0 Å². The van der Waals surface area contributed by atoms with Crippen molar-refractivity contribution in [3.05, 3.63) is 74.9 Å². The van der Waals surface area contributed by atoms with Crippen molar-refractivity contribution in [1.82, 2.24) is 5.43 Å². The van der Waals surface area contributed by atoms with Gasteiger partial charge < -0.3 is 24.3 Å². The van der Waals surface area contributed by atoms with Gasteiger partial charge in [-0.3, -0.25) is 9.59 Å². The van der Waals surface area contributed by atoms with Crippen molar-refractivity contribution in [1.29, 1.82) is 0 Å². The first kappa shape index (κ1) is 27.8. The second-order valence-corrected chi connectivity index (χ2v) is 8.90. The van der Waals surface area contributed by atoms with Crippen LogP contribution in [0, 0.1) is 10.5 Å². The Morgan fingerprint density at radius 2 is 1.76 bits per heavy atom. The molecule has 3 aromatic rings. The van der Waals surface area contributed by atoms with Crippen LogP contribution >= 0.6 is 22.6 Å². The van der Waals surface area contributed by atoms with Gasteiger partial charge >= 0.3 is 0 Å². The molecule has 0 radical (unpaired) electrons. The lowest BCUT2D eigenvalue weighted by atomic mass is 10.2. The molecule has 194 valence electrons. The van der Waals surface area contributed by atoms with Gasteiger partial charge in [0.05, 0.1) is 30.6 Å². The van der Waals surface area contributed by atoms with E-state index in [4.69, 9.17) is 18.9 Å². The molecule has 10 heteroatoms. The molecule has 0 saturated carbocycles. The fraction of sp³-hybridized carbons (Fsp3) is 0.222. The van der Waals surface area contributed by atoms with Crippen LogP contribution in [-0.4, -0.2) is 45.5 Å². The van der Waals surface area contributed by atoms with Gasteiger partial charge in [-0.1, -0.05) is 12.1 Å². The van der Waals surface area contributed by atoms with Crippen LogP contribution < -0.4 is 29.7 Å². The van der Waals surface area contributed by atoms with E-state index < -0.39 is 5.91 Å². The number of carbonyl (C=O) groups is 2. The van der Waals surface area contributed by atoms with Gasteiger partial charge in [0.15, 0.2) is 29.6 Å². The number of carbonyl (C=O) groups excluding carboxylic acids is 2. The summed E-state index contributed by atoms with van der Waals surface area (Å²) >= 11 is 2.09. The first-order valence-corrected chi connectivity index (χ1v) is 12.4. The van der Waals surface area contributed by atoms with Gasteiger partial charge in [0.2, 0.25) is 0 Å². The van der Waals surface area contributed by atoms with Crippen LogP contribution in [0.4, 0.5) is 5.69 Å². The minimum Gasteiger partial charge on any atom is -0.493 e. The van der Waals surface area contributed by atoms with Gasteiger partial charge in [-0.25, -0.2) is 5.43 Å². The van der Waals surface area contributed by atoms with Crippen LogP contribution in [-0.2, 0) is 4.79 Å². The number of amides is 2. The predicted octanol–water partition coefficient (Wildman–Crippen LogP) is 4.80. The molecular weight excluding hydrogens is 589 g/mol. The van der Waals surface area contributed by atoms with Gasteiger partial charge in [0.25, 0.3) is 11.8 Å². The Morgan fingerprint density at radius 3 is 2.46 bits per heavy atom. The highest BCUT2D eigenvalue weighted by molar-refractivity contribution is 14.1. The highest BCUT2D eigenvalue weighted by atomic mass is 127. The number of ether oxygens (including phenoxy) is 4. The summed E-state index contributed by atoms with van der Waals surface area (Å²) in [7, 11) is 3.04. The Morgan fingerprint density at radius 1 is 0.973 bits per heavy atom. The standard InChI is InChI=1S/C27H28IN3O6/c1-5-36-23-14-19(9-10-22(23)34-3)27(33)31-29-15-18-12-21(28)26(24(13-18)35-4)37-16-25(32)30-20-8-6-7-17(2)11-20/h6-15H,5,16H2,1-4H3,(H,30,32)(H,31,33)/b29-15+. The molecule has 0 aromatic heterocycles. The van der Waals surface area contributed by atoms with E-state index in [1.807, 2.05) is 38.1 Å². The number of nitrogens with one attached hydrogen (secondary N) is 2. The molecule has 37 heavy (non-hydrogen) atoms. The summed E-state index contributed by atoms with van der Waals surface area (Å²) in [6.45, 7) is 4.06. The Bertz CT molecular complexity index is 1300. The second-order valence-electron chi connectivity index (χ2n) is 7.74. The molecule has 0 heterocycles. The van der Waals surface area contributed by atoms with Gasteiger partial charge in [0, 0.05) is 11.3 Å². The summed E-state index contributed by atoms with van der Waals surface area (Å²) in [6.07, 6.45) is 1.49. The lowest BCUT2D eigenvalue weighted by Gasteiger charge is -2.13. The molecule has 0 fully saturated rings. The number of anilines is 1.